The maximum absolute atomic E-state index is 12.6. The lowest BCUT2D eigenvalue weighted by atomic mass is 10.00. The van der Waals surface area contributed by atoms with Gasteiger partial charge in [0.2, 0.25) is 10.0 Å². The Morgan fingerprint density at radius 3 is 2.22 bits per heavy atom. The summed E-state index contributed by atoms with van der Waals surface area (Å²) in [5.41, 5.74) is 4.48. The van der Waals surface area contributed by atoms with Gasteiger partial charge in [-0.05, 0) is 70.0 Å². The first-order chi connectivity index (χ1) is 12.7. The molecule has 0 spiro atoms. The summed E-state index contributed by atoms with van der Waals surface area (Å²) >= 11 is 0. The van der Waals surface area contributed by atoms with Gasteiger partial charge in [-0.3, -0.25) is 9.10 Å². The average Bonchev–Trinajstić information content (AvgIpc) is 2.62. The fraction of sp³-hybridized carbons (Fsp3) is 0.381. The van der Waals surface area contributed by atoms with E-state index in [0.29, 0.717) is 17.8 Å². The summed E-state index contributed by atoms with van der Waals surface area (Å²) in [5.74, 6) is -0.147. The second-order valence-electron chi connectivity index (χ2n) is 6.67. The zero-order valence-corrected chi connectivity index (χ0v) is 17.4. The third-order valence-electron chi connectivity index (χ3n) is 4.64. The van der Waals surface area contributed by atoms with Crippen LogP contribution in [0.4, 0.5) is 5.69 Å². The Morgan fingerprint density at radius 2 is 1.70 bits per heavy atom. The number of sulfonamides is 1. The molecule has 0 fully saturated rings. The van der Waals surface area contributed by atoms with Gasteiger partial charge in [0.1, 0.15) is 0 Å². The van der Waals surface area contributed by atoms with Gasteiger partial charge in [0.25, 0.3) is 5.91 Å². The molecule has 27 heavy (non-hydrogen) atoms. The molecule has 1 N–H and O–H groups in total. The standard InChI is InChI=1S/C21H28N2O3S/c1-6-23(27(25,26)7-2)19-11-9-18(10-12-19)21(24)22-17(5)20-13-8-15(3)14-16(20)4/h8-14,17H,6-7H2,1-5H3,(H,22,24)/t17-/m1/s1. The van der Waals surface area contributed by atoms with Crippen LogP contribution < -0.4 is 9.62 Å². The van der Waals surface area contributed by atoms with Crippen LogP contribution in [0, 0.1) is 13.8 Å². The predicted octanol–water partition coefficient (Wildman–Crippen LogP) is 3.97. The first kappa shape index (κ1) is 21.0. The lowest BCUT2D eigenvalue weighted by molar-refractivity contribution is 0.0940. The monoisotopic (exact) mass is 388 g/mol. The van der Waals surface area contributed by atoms with Crippen molar-refractivity contribution in [2.75, 3.05) is 16.6 Å². The Kier molecular flexibility index (Phi) is 6.65. The van der Waals surface area contributed by atoms with Crippen LogP contribution in [0.1, 0.15) is 53.9 Å². The molecule has 0 bridgehead atoms. The van der Waals surface area contributed by atoms with E-state index in [-0.39, 0.29) is 17.7 Å². The second-order valence-corrected chi connectivity index (χ2v) is 8.85. The molecule has 6 heteroatoms. The van der Waals surface area contributed by atoms with Crippen LogP contribution in [0.15, 0.2) is 42.5 Å². The van der Waals surface area contributed by atoms with Crippen LogP contribution in [0.25, 0.3) is 0 Å². The van der Waals surface area contributed by atoms with Gasteiger partial charge in [0.05, 0.1) is 17.5 Å². The summed E-state index contributed by atoms with van der Waals surface area (Å²) < 4.78 is 25.7. The van der Waals surface area contributed by atoms with Crippen molar-refractivity contribution >= 4 is 21.6 Å². The summed E-state index contributed by atoms with van der Waals surface area (Å²) in [6.45, 7) is 9.79. The molecular weight excluding hydrogens is 360 g/mol. The average molecular weight is 389 g/mol. The minimum atomic E-state index is -3.33. The van der Waals surface area contributed by atoms with Crippen molar-refractivity contribution in [1.82, 2.24) is 5.32 Å². The third kappa shape index (κ3) is 4.89. The highest BCUT2D eigenvalue weighted by Crippen LogP contribution is 2.21. The Bertz CT molecular complexity index is 906. The molecule has 0 aliphatic heterocycles. The minimum Gasteiger partial charge on any atom is -0.346 e. The Hall–Kier alpha value is -2.34. The first-order valence-corrected chi connectivity index (χ1v) is 10.8. The zero-order chi connectivity index (χ0) is 20.2. The van der Waals surface area contributed by atoms with Crippen molar-refractivity contribution in [3.05, 3.63) is 64.7 Å². The van der Waals surface area contributed by atoms with E-state index < -0.39 is 10.0 Å². The number of nitrogens with one attached hydrogen (secondary N) is 1. The SMILES string of the molecule is CCN(c1ccc(C(=O)N[C@H](C)c2ccc(C)cc2C)cc1)S(=O)(=O)CC. The molecule has 2 rings (SSSR count). The highest BCUT2D eigenvalue weighted by Gasteiger charge is 2.19. The molecule has 0 heterocycles. The van der Waals surface area contributed by atoms with Crippen LogP contribution in [-0.2, 0) is 10.0 Å². The van der Waals surface area contributed by atoms with Gasteiger partial charge in [0.15, 0.2) is 0 Å². The maximum atomic E-state index is 12.6. The van der Waals surface area contributed by atoms with Crippen molar-refractivity contribution in [2.45, 2.75) is 40.7 Å². The molecule has 5 nitrogen and oxygen atoms in total. The van der Waals surface area contributed by atoms with Crippen LogP contribution in [-0.4, -0.2) is 26.6 Å². The van der Waals surface area contributed by atoms with Gasteiger partial charge < -0.3 is 5.32 Å². The van der Waals surface area contributed by atoms with Crippen LogP contribution >= 0.6 is 0 Å². The lowest BCUT2D eigenvalue weighted by Crippen LogP contribution is -2.32. The van der Waals surface area contributed by atoms with Crippen molar-refractivity contribution in [2.24, 2.45) is 0 Å². The predicted molar refractivity (Wildman–Crippen MR) is 111 cm³/mol. The molecule has 1 atom stereocenters. The smallest absolute Gasteiger partial charge is 0.251 e. The van der Waals surface area contributed by atoms with Gasteiger partial charge >= 0.3 is 0 Å². The number of carbonyl (C=O) groups is 1. The summed E-state index contributed by atoms with van der Waals surface area (Å²) in [7, 11) is -3.33. The van der Waals surface area contributed by atoms with Crippen molar-refractivity contribution in [3.63, 3.8) is 0 Å². The van der Waals surface area contributed by atoms with Gasteiger partial charge in [-0.1, -0.05) is 23.8 Å². The molecule has 0 aliphatic carbocycles. The summed E-state index contributed by atoms with van der Waals surface area (Å²) in [5, 5.41) is 3.01. The molecule has 0 saturated heterocycles. The van der Waals surface area contributed by atoms with E-state index in [1.165, 1.54) is 9.87 Å². The fourth-order valence-electron chi connectivity index (χ4n) is 3.14. The first-order valence-electron chi connectivity index (χ1n) is 9.18. The van der Waals surface area contributed by atoms with E-state index in [0.717, 1.165) is 11.1 Å². The van der Waals surface area contributed by atoms with Crippen molar-refractivity contribution in [1.29, 1.82) is 0 Å². The van der Waals surface area contributed by atoms with E-state index in [2.05, 4.69) is 11.4 Å². The number of anilines is 1. The minimum absolute atomic E-state index is 0.0382. The summed E-state index contributed by atoms with van der Waals surface area (Å²) in [4.78, 5) is 12.6. The number of rotatable bonds is 7. The van der Waals surface area contributed by atoms with Gasteiger partial charge in [-0.2, -0.15) is 0 Å². The maximum Gasteiger partial charge on any atom is 0.251 e. The number of benzene rings is 2. The molecule has 0 aliphatic rings. The Labute approximate surface area is 162 Å². The third-order valence-corrected chi connectivity index (χ3v) is 6.51. The van der Waals surface area contributed by atoms with E-state index in [1.807, 2.05) is 32.9 Å². The molecular formula is C21H28N2O3S. The number of hydrogen-bond acceptors (Lipinski definition) is 3. The number of hydrogen-bond donors (Lipinski definition) is 1. The lowest BCUT2D eigenvalue weighted by Gasteiger charge is -2.22. The zero-order valence-electron chi connectivity index (χ0n) is 16.6. The Morgan fingerprint density at radius 1 is 1.07 bits per heavy atom. The highest BCUT2D eigenvalue weighted by molar-refractivity contribution is 7.92. The number of carbonyl (C=O) groups excluding carboxylic acids is 1. The van der Waals surface area contributed by atoms with Crippen LogP contribution in [0.5, 0.6) is 0 Å². The highest BCUT2D eigenvalue weighted by atomic mass is 32.2. The van der Waals surface area contributed by atoms with E-state index in [4.69, 9.17) is 0 Å². The molecule has 2 aromatic rings. The topological polar surface area (TPSA) is 66.5 Å². The second kappa shape index (κ2) is 8.57. The van der Waals surface area contributed by atoms with Gasteiger partial charge in [-0.15, -0.1) is 0 Å². The molecule has 0 radical (unpaired) electrons. The largest absolute Gasteiger partial charge is 0.346 e. The normalized spacial score (nSPS) is 12.5. The van der Waals surface area contributed by atoms with E-state index in [9.17, 15) is 13.2 Å². The quantitative estimate of drug-likeness (QED) is 0.780. The molecule has 0 aromatic heterocycles. The molecule has 0 unspecified atom stereocenters. The van der Waals surface area contributed by atoms with Crippen LogP contribution in [0.3, 0.4) is 0 Å². The van der Waals surface area contributed by atoms with Gasteiger partial charge in [-0.25, -0.2) is 8.42 Å². The van der Waals surface area contributed by atoms with E-state index >= 15 is 0 Å². The molecule has 0 saturated carbocycles. The Balaban J connectivity index is 2.15. The van der Waals surface area contributed by atoms with Crippen molar-refractivity contribution < 1.29 is 13.2 Å². The van der Waals surface area contributed by atoms with Crippen molar-refractivity contribution in [3.8, 4) is 0 Å². The van der Waals surface area contributed by atoms with Gasteiger partial charge in [0, 0.05) is 12.1 Å². The molecule has 146 valence electrons. The number of amides is 1. The summed E-state index contributed by atoms with van der Waals surface area (Å²) in [6.07, 6.45) is 0. The number of aryl methyl sites for hydroxylation is 2. The molecule has 2 aromatic carbocycles. The fourth-order valence-corrected chi connectivity index (χ4v) is 4.29. The van der Waals surface area contributed by atoms with E-state index in [1.54, 1.807) is 38.1 Å². The number of nitrogens with zero attached hydrogens (tertiary/aromatic N) is 1. The summed E-state index contributed by atoms with van der Waals surface area (Å²) in [6, 6.07) is 12.7. The van der Waals surface area contributed by atoms with Crippen LogP contribution in [0.2, 0.25) is 0 Å². The molecule has 1 amide bonds.